The van der Waals surface area contributed by atoms with Gasteiger partial charge in [-0.1, -0.05) is 5.16 Å². The van der Waals surface area contributed by atoms with Crippen LogP contribution in [-0.4, -0.2) is 53.0 Å². The van der Waals surface area contributed by atoms with Gasteiger partial charge < -0.3 is 14.3 Å². The first-order chi connectivity index (χ1) is 8.08. The minimum Gasteiger partial charge on any atom is -0.340 e. The summed E-state index contributed by atoms with van der Waals surface area (Å²) in [6.07, 6.45) is 1.91. The third kappa shape index (κ3) is 2.63. The molecule has 0 radical (unpaired) electrons. The number of hydrogen-bond donors (Lipinski definition) is 0. The fourth-order valence-corrected chi connectivity index (χ4v) is 2.15. The molecule has 1 aromatic heterocycles. The lowest BCUT2D eigenvalue weighted by molar-refractivity contribution is -0.132. The summed E-state index contributed by atoms with van der Waals surface area (Å²) in [5.74, 6) is 1.30. The van der Waals surface area contributed by atoms with Crippen molar-refractivity contribution in [3.8, 4) is 0 Å². The number of aromatic nitrogens is 2. The van der Waals surface area contributed by atoms with Crippen LogP contribution in [0.5, 0.6) is 0 Å². The number of likely N-dealkylation sites (tertiary alicyclic amines) is 1. The van der Waals surface area contributed by atoms with E-state index in [-0.39, 0.29) is 11.9 Å². The van der Waals surface area contributed by atoms with E-state index in [2.05, 4.69) is 10.1 Å². The van der Waals surface area contributed by atoms with Crippen LogP contribution in [0.15, 0.2) is 4.52 Å². The molecule has 1 atom stereocenters. The van der Waals surface area contributed by atoms with E-state index in [0.29, 0.717) is 18.3 Å². The molecule has 0 spiro atoms. The first-order valence-corrected chi connectivity index (χ1v) is 5.82. The van der Waals surface area contributed by atoms with Crippen molar-refractivity contribution in [1.82, 2.24) is 19.9 Å². The highest BCUT2D eigenvalue weighted by atomic mass is 16.5. The predicted octanol–water partition coefficient (Wildman–Crippen LogP) is 0.603. The van der Waals surface area contributed by atoms with Crippen molar-refractivity contribution < 1.29 is 9.32 Å². The summed E-state index contributed by atoms with van der Waals surface area (Å²) < 4.78 is 4.98. The molecule has 2 heterocycles. The van der Waals surface area contributed by atoms with Crippen molar-refractivity contribution in [2.75, 3.05) is 27.2 Å². The fraction of sp³-hybridized carbons (Fsp3) is 0.727. The molecule has 0 bridgehead atoms. The Labute approximate surface area is 101 Å². The van der Waals surface area contributed by atoms with E-state index in [4.69, 9.17) is 4.52 Å². The Bertz CT molecular complexity index is 402. The van der Waals surface area contributed by atoms with Crippen LogP contribution >= 0.6 is 0 Å². The normalized spacial score (nSPS) is 20.2. The number of hydrogen-bond acceptors (Lipinski definition) is 5. The molecule has 2 rings (SSSR count). The summed E-state index contributed by atoms with van der Waals surface area (Å²) in [6, 6.07) is -0.0140. The average molecular weight is 238 g/mol. The van der Waals surface area contributed by atoms with Crippen molar-refractivity contribution in [1.29, 1.82) is 0 Å². The first kappa shape index (κ1) is 12.0. The highest BCUT2D eigenvalue weighted by molar-refractivity contribution is 5.78. The summed E-state index contributed by atoms with van der Waals surface area (Å²) in [5, 5.41) is 3.92. The van der Waals surface area contributed by atoms with Crippen LogP contribution in [0, 0.1) is 6.92 Å². The Kier molecular flexibility index (Phi) is 3.42. The molecule has 1 aliphatic heterocycles. The molecule has 1 saturated heterocycles. The summed E-state index contributed by atoms with van der Waals surface area (Å²) >= 11 is 0. The molecule has 6 nitrogen and oxygen atoms in total. The molecule has 0 N–H and O–H groups in total. The maximum Gasteiger partial charge on any atom is 0.237 e. The smallest absolute Gasteiger partial charge is 0.237 e. The van der Waals surface area contributed by atoms with Gasteiger partial charge in [0.2, 0.25) is 11.8 Å². The van der Waals surface area contributed by atoms with Crippen molar-refractivity contribution in [3.05, 3.63) is 11.7 Å². The number of amides is 1. The molecular weight excluding hydrogens is 220 g/mol. The summed E-state index contributed by atoms with van der Waals surface area (Å²) in [7, 11) is 3.78. The molecule has 0 saturated carbocycles. The zero-order valence-electron chi connectivity index (χ0n) is 10.5. The topological polar surface area (TPSA) is 62.5 Å². The van der Waals surface area contributed by atoms with Gasteiger partial charge in [0.25, 0.3) is 0 Å². The second-order valence-corrected chi connectivity index (χ2v) is 4.65. The van der Waals surface area contributed by atoms with E-state index in [0.717, 1.165) is 19.4 Å². The zero-order chi connectivity index (χ0) is 12.4. The van der Waals surface area contributed by atoms with Crippen LogP contribution in [0.2, 0.25) is 0 Å². The zero-order valence-corrected chi connectivity index (χ0v) is 10.5. The van der Waals surface area contributed by atoms with Gasteiger partial charge in [0.15, 0.2) is 5.82 Å². The summed E-state index contributed by atoms with van der Waals surface area (Å²) in [6.45, 7) is 2.97. The van der Waals surface area contributed by atoms with Crippen molar-refractivity contribution >= 4 is 5.91 Å². The molecule has 0 aromatic carbocycles. The minimum atomic E-state index is -0.0140. The van der Waals surface area contributed by atoms with Gasteiger partial charge in [0, 0.05) is 13.5 Å². The Hall–Kier alpha value is -1.43. The number of aryl methyl sites for hydroxylation is 1. The Morgan fingerprint density at radius 2 is 2.35 bits per heavy atom. The van der Waals surface area contributed by atoms with Crippen molar-refractivity contribution in [2.24, 2.45) is 0 Å². The Balaban J connectivity index is 2.09. The van der Waals surface area contributed by atoms with Gasteiger partial charge in [-0.05, 0) is 26.9 Å². The lowest BCUT2D eigenvalue weighted by Gasteiger charge is -2.23. The predicted molar refractivity (Wildman–Crippen MR) is 61.3 cm³/mol. The van der Waals surface area contributed by atoms with Crippen LogP contribution in [0.3, 0.4) is 0 Å². The quantitative estimate of drug-likeness (QED) is 0.771. The third-order valence-corrected chi connectivity index (χ3v) is 2.87. The van der Waals surface area contributed by atoms with Gasteiger partial charge in [0.05, 0.1) is 12.6 Å². The maximum absolute atomic E-state index is 12.0. The Morgan fingerprint density at radius 1 is 1.59 bits per heavy atom. The van der Waals surface area contributed by atoms with Crippen LogP contribution < -0.4 is 0 Å². The standard InChI is InChI=1S/C11H18N4O2/c1-8-12-11(13-17-8)9-5-4-6-15(9)10(16)7-14(2)3/h9H,4-7H2,1-3H3/t9-/m1/s1. The van der Waals surface area contributed by atoms with E-state index in [1.165, 1.54) is 0 Å². The molecule has 1 amide bonds. The van der Waals surface area contributed by atoms with E-state index in [1.807, 2.05) is 23.9 Å². The number of likely N-dealkylation sites (N-methyl/N-ethyl adjacent to an activating group) is 1. The fourth-order valence-electron chi connectivity index (χ4n) is 2.15. The van der Waals surface area contributed by atoms with Gasteiger partial charge in [-0.2, -0.15) is 4.98 Å². The molecule has 1 aliphatic rings. The van der Waals surface area contributed by atoms with Gasteiger partial charge >= 0.3 is 0 Å². The van der Waals surface area contributed by atoms with Gasteiger partial charge in [-0.25, -0.2) is 0 Å². The lowest BCUT2D eigenvalue weighted by atomic mass is 10.2. The van der Waals surface area contributed by atoms with E-state index in [1.54, 1.807) is 6.92 Å². The molecule has 6 heteroatoms. The second kappa shape index (κ2) is 4.83. The minimum absolute atomic E-state index is 0.0140. The highest BCUT2D eigenvalue weighted by Crippen LogP contribution is 2.29. The number of carbonyl (C=O) groups is 1. The van der Waals surface area contributed by atoms with Crippen LogP contribution in [-0.2, 0) is 4.79 Å². The molecule has 17 heavy (non-hydrogen) atoms. The summed E-state index contributed by atoms with van der Waals surface area (Å²) in [5.41, 5.74) is 0. The van der Waals surface area contributed by atoms with Crippen LogP contribution in [0.4, 0.5) is 0 Å². The SMILES string of the molecule is Cc1nc([C@H]2CCCN2C(=O)CN(C)C)no1. The van der Waals surface area contributed by atoms with Gasteiger partial charge in [-0.15, -0.1) is 0 Å². The second-order valence-electron chi connectivity index (χ2n) is 4.65. The van der Waals surface area contributed by atoms with Crippen molar-refractivity contribution in [3.63, 3.8) is 0 Å². The number of nitrogens with zero attached hydrogens (tertiary/aromatic N) is 4. The average Bonchev–Trinajstić information content (AvgIpc) is 2.83. The third-order valence-electron chi connectivity index (χ3n) is 2.87. The number of carbonyl (C=O) groups excluding carboxylic acids is 1. The summed E-state index contributed by atoms with van der Waals surface area (Å²) in [4.78, 5) is 20.0. The van der Waals surface area contributed by atoms with Crippen LogP contribution in [0.1, 0.15) is 30.6 Å². The van der Waals surface area contributed by atoms with E-state index in [9.17, 15) is 4.79 Å². The highest BCUT2D eigenvalue weighted by Gasteiger charge is 2.32. The molecule has 1 aromatic rings. The monoisotopic (exact) mass is 238 g/mol. The van der Waals surface area contributed by atoms with E-state index >= 15 is 0 Å². The van der Waals surface area contributed by atoms with Crippen LogP contribution in [0.25, 0.3) is 0 Å². The van der Waals surface area contributed by atoms with Gasteiger partial charge in [-0.3, -0.25) is 4.79 Å². The Morgan fingerprint density at radius 3 is 2.94 bits per heavy atom. The maximum atomic E-state index is 12.0. The number of rotatable bonds is 3. The van der Waals surface area contributed by atoms with Gasteiger partial charge in [0.1, 0.15) is 0 Å². The molecule has 0 unspecified atom stereocenters. The largest absolute Gasteiger partial charge is 0.340 e. The molecular formula is C11H18N4O2. The van der Waals surface area contributed by atoms with E-state index < -0.39 is 0 Å². The lowest BCUT2D eigenvalue weighted by Crippen LogP contribution is -2.37. The van der Waals surface area contributed by atoms with Crippen molar-refractivity contribution in [2.45, 2.75) is 25.8 Å². The first-order valence-electron chi connectivity index (χ1n) is 5.82. The molecule has 0 aliphatic carbocycles. The molecule has 94 valence electrons. The molecule has 1 fully saturated rings.